The average Bonchev–Trinajstić information content (AvgIpc) is 2.71. The lowest BCUT2D eigenvalue weighted by atomic mass is 10.1. The topological polar surface area (TPSA) is 94.9 Å². The highest BCUT2D eigenvalue weighted by Crippen LogP contribution is 2.29. The van der Waals surface area contributed by atoms with Crippen molar-refractivity contribution in [2.45, 2.75) is 6.42 Å². The van der Waals surface area contributed by atoms with Crippen LogP contribution in [-0.4, -0.2) is 34.6 Å². The summed E-state index contributed by atoms with van der Waals surface area (Å²) in [5, 5.41) is 17.7. The second kappa shape index (κ2) is 4.89. The van der Waals surface area contributed by atoms with Crippen LogP contribution in [0.15, 0.2) is 18.2 Å². The van der Waals surface area contributed by atoms with Gasteiger partial charge in [0, 0.05) is 18.7 Å². The molecule has 1 atom stereocenters. The summed E-state index contributed by atoms with van der Waals surface area (Å²) < 4.78 is 0. The SMILES string of the molecule is O=C(O)c1ccc(N2CC(C(=O)O)CC2=O)cc1Cl. The van der Waals surface area contributed by atoms with E-state index in [-0.39, 0.29) is 29.5 Å². The van der Waals surface area contributed by atoms with Crippen LogP contribution >= 0.6 is 11.6 Å². The van der Waals surface area contributed by atoms with Crippen molar-refractivity contribution in [2.75, 3.05) is 11.4 Å². The van der Waals surface area contributed by atoms with Gasteiger partial charge in [0.2, 0.25) is 5.91 Å². The quantitative estimate of drug-likeness (QED) is 0.876. The maximum Gasteiger partial charge on any atom is 0.337 e. The molecular formula is C12H10ClNO5. The number of amides is 1. The molecular weight excluding hydrogens is 274 g/mol. The van der Waals surface area contributed by atoms with Crippen LogP contribution in [0.1, 0.15) is 16.8 Å². The number of aliphatic carboxylic acids is 1. The Morgan fingerprint density at radius 1 is 1.32 bits per heavy atom. The largest absolute Gasteiger partial charge is 0.481 e. The van der Waals surface area contributed by atoms with Crippen LogP contribution in [-0.2, 0) is 9.59 Å². The lowest BCUT2D eigenvalue weighted by Gasteiger charge is -2.16. The molecule has 0 aliphatic carbocycles. The Hall–Kier alpha value is -2.08. The first-order valence-electron chi connectivity index (χ1n) is 5.46. The second-order valence-electron chi connectivity index (χ2n) is 4.21. The Kier molecular flexibility index (Phi) is 3.44. The number of halogens is 1. The molecule has 6 nitrogen and oxygen atoms in total. The Balaban J connectivity index is 2.28. The Bertz CT molecular complexity index is 571. The van der Waals surface area contributed by atoms with Gasteiger partial charge in [0.15, 0.2) is 0 Å². The molecule has 1 heterocycles. The van der Waals surface area contributed by atoms with E-state index in [2.05, 4.69) is 0 Å². The molecule has 2 N–H and O–H groups in total. The lowest BCUT2D eigenvalue weighted by molar-refractivity contribution is -0.141. The van der Waals surface area contributed by atoms with Crippen LogP contribution in [0.3, 0.4) is 0 Å². The fourth-order valence-electron chi connectivity index (χ4n) is 1.97. The first-order valence-corrected chi connectivity index (χ1v) is 5.84. The van der Waals surface area contributed by atoms with Gasteiger partial charge >= 0.3 is 11.9 Å². The van der Waals surface area contributed by atoms with Gasteiger partial charge in [0.05, 0.1) is 16.5 Å². The molecule has 1 aliphatic rings. The van der Waals surface area contributed by atoms with Crippen molar-refractivity contribution in [3.63, 3.8) is 0 Å². The number of carbonyl (C=O) groups excluding carboxylic acids is 1. The highest BCUT2D eigenvalue weighted by atomic mass is 35.5. The Labute approximate surface area is 113 Å². The number of carbonyl (C=O) groups is 3. The number of nitrogens with zero attached hydrogens (tertiary/aromatic N) is 1. The number of hydrogen-bond donors (Lipinski definition) is 2. The molecule has 1 fully saturated rings. The smallest absolute Gasteiger partial charge is 0.337 e. The highest BCUT2D eigenvalue weighted by molar-refractivity contribution is 6.33. The van der Waals surface area contributed by atoms with E-state index in [9.17, 15) is 14.4 Å². The zero-order valence-corrected chi connectivity index (χ0v) is 10.4. The molecule has 2 rings (SSSR count). The Morgan fingerprint density at radius 2 is 2.00 bits per heavy atom. The predicted octanol–water partition coefficient (Wildman–Crippen LogP) is 1.48. The number of carboxylic acids is 2. The van der Waals surface area contributed by atoms with E-state index in [1.54, 1.807) is 0 Å². The van der Waals surface area contributed by atoms with Crippen molar-refractivity contribution >= 4 is 35.1 Å². The highest BCUT2D eigenvalue weighted by Gasteiger charge is 2.35. The summed E-state index contributed by atoms with van der Waals surface area (Å²) in [6.45, 7) is 0.0664. The molecule has 0 saturated carbocycles. The molecule has 0 radical (unpaired) electrons. The third-order valence-electron chi connectivity index (χ3n) is 2.97. The Morgan fingerprint density at radius 3 is 2.47 bits per heavy atom. The maximum absolute atomic E-state index is 11.7. The van der Waals surface area contributed by atoms with E-state index in [0.29, 0.717) is 5.69 Å². The summed E-state index contributed by atoms with van der Waals surface area (Å²) in [4.78, 5) is 34.7. The third-order valence-corrected chi connectivity index (χ3v) is 3.28. The maximum atomic E-state index is 11.7. The first kappa shape index (κ1) is 13.4. The monoisotopic (exact) mass is 283 g/mol. The van der Waals surface area contributed by atoms with Gasteiger partial charge in [0.1, 0.15) is 0 Å². The predicted molar refractivity (Wildman–Crippen MR) is 66.5 cm³/mol. The third kappa shape index (κ3) is 2.53. The van der Waals surface area contributed by atoms with Gasteiger partial charge in [-0.25, -0.2) is 4.79 Å². The van der Waals surface area contributed by atoms with Crippen LogP contribution in [0.2, 0.25) is 5.02 Å². The fraction of sp³-hybridized carbons (Fsp3) is 0.250. The summed E-state index contributed by atoms with van der Waals surface area (Å²) in [6, 6.07) is 4.09. The van der Waals surface area contributed by atoms with Crippen LogP contribution in [0.4, 0.5) is 5.69 Å². The number of anilines is 1. The minimum Gasteiger partial charge on any atom is -0.481 e. The minimum atomic E-state index is -1.16. The van der Waals surface area contributed by atoms with Crippen molar-refractivity contribution in [1.82, 2.24) is 0 Å². The molecule has 1 amide bonds. The van der Waals surface area contributed by atoms with Gasteiger partial charge in [-0.3, -0.25) is 9.59 Å². The van der Waals surface area contributed by atoms with Gasteiger partial charge in [-0.05, 0) is 18.2 Å². The van der Waals surface area contributed by atoms with E-state index >= 15 is 0 Å². The van der Waals surface area contributed by atoms with Crippen molar-refractivity contribution < 1.29 is 24.6 Å². The standard InChI is InChI=1S/C12H10ClNO5/c13-9-4-7(1-2-8(9)12(18)19)14-5-6(11(16)17)3-10(14)15/h1-2,4,6H,3,5H2,(H,16,17)(H,18,19). The minimum absolute atomic E-state index is 0.0107. The summed E-state index contributed by atoms with van der Waals surface area (Å²) in [5.74, 6) is -3.24. The van der Waals surface area contributed by atoms with Crippen molar-refractivity contribution in [3.8, 4) is 0 Å². The zero-order valence-electron chi connectivity index (χ0n) is 9.67. The summed E-state index contributed by atoms with van der Waals surface area (Å²) in [5.41, 5.74) is 0.343. The van der Waals surface area contributed by atoms with Crippen LogP contribution in [0, 0.1) is 5.92 Å². The average molecular weight is 284 g/mol. The van der Waals surface area contributed by atoms with Gasteiger partial charge < -0.3 is 15.1 Å². The molecule has 1 saturated heterocycles. The molecule has 1 aliphatic heterocycles. The molecule has 0 aromatic heterocycles. The van der Waals surface area contributed by atoms with Crippen LogP contribution < -0.4 is 4.90 Å². The molecule has 1 aromatic rings. The second-order valence-corrected chi connectivity index (χ2v) is 4.62. The molecule has 100 valence electrons. The van der Waals surface area contributed by atoms with E-state index in [4.69, 9.17) is 21.8 Å². The molecule has 7 heteroatoms. The number of carboxylic acid groups (broad SMARTS) is 2. The van der Waals surface area contributed by atoms with Crippen molar-refractivity contribution in [2.24, 2.45) is 5.92 Å². The zero-order chi connectivity index (χ0) is 14.2. The summed E-state index contributed by atoms with van der Waals surface area (Å²) >= 11 is 5.81. The van der Waals surface area contributed by atoms with Gasteiger partial charge in [-0.1, -0.05) is 11.6 Å². The molecule has 19 heavy (non-hydrogen) atoms. The molecule has 0 bridgehead atoms. The number of benzene rings is 1. The fourth-order valence-corrected chi connectivity index (χ4v) is 2.22. The van der Waals surface area contributed by atoms with E-state index < -0.39 is 17.9 Å². The normalized spacial score (nSPS) is 18.7. The number of rotatable bonds is 3. The molecule has 1 unspecified atom stereocenters. The van der Waals surface area contributed by atoms with Crippen molar-refractivity contribution in [3.05, 3.63) is 28.8 Å². The summed E-state index contributed by atoms with van der Waals surface area (Å²) in [6.07, 6.45) is -0.0619. The molecule has 1 aromatic carbocycles. The van der Waals surface area contributed by atoms with Gasteiger partial charge in [-0.2, -0.15) is 0 Å². The van der Waals surface area contributed by atoms with Crippen LogP contribution in [0.25, 0.3) is 0 Å². The van der Waals surface area contributed by atoms with Crippen LogP contribution in [0.5, 0.6) is 0 Å². The van der Waals surface area contributed by atoms with E-state index in [0.717, 1.165) is 0 Å². The van der Waals surface area contributed by atoms with E-state index in [1.165, 1.54) is 23.1 Å². The first-order chi connectivity index (χ1) is 8.90. The van der Waals surface area contributed by atoms with E-state index in [1.807, 2.05) is 0 Å². The number of hydrogen-bond acceptors (Lipinski definition) is 3. The van der Waals surface area contributed by atoms with Crippen molar-refractivity contribution in [1.29, 1.82) is 0 Å². The number of aromatic carboxylic acids is 1. The summed E-state index contributed by atoms with van der Waals surface area (Å²) in [7, 11) is 0. The van der Waals surface area contributed by atoms with Gasteiger partial charge in [-0.15, -0.1) is 0 Å². The lowest BCUT2D eigenvalue weighted by Crippen LogP contribution is -2.25. The molecule has 0 spiro atoms. The van der Waals surface area contributed by atoms with Gasteiger partial charge in [0.25, 0.3) is 0 Å².